The van der Waals surface area contributed by atoms with Gasteiger partial charge in [-0.05, 0) is 0 Å². The van der Waals surface area contributed by atoms with Gasteiger partial charge in [0.1, 0.15) is 0 Å². The van der Waals surface area contributed by atoms with Crippen LogP contribution in [0, 0.1) is 12.2 Å². The van der Waals surface area contributed by atoms with E-state index in [1.54, 1.807) is 0 Å². The van der Waals surface area contributed by atoms with Crippen LogP contribution < -0.4 is 24.8 Å². The third-order valence-corrected chi connectivity index (χ3v) is 3.16. The van der Waals surface area contributed by atoms with Gasteiger partial charge in [0, 0.05) is 0 Å². The van der Waals surface area contributed by atoms with E-state index in [0.717, 1.165) is 12.8 Å². The second-order valence-electron chi connectivity index (χ2n) is 5.18. The Labute approximate surface area is 162 Å². The SMILES string of the molecule is CCC1=CC[C-]=C1C.CCC1=CC[C-]=C1C.C[Si](C)=[Ti+2].[Cl-].[Cl-]. The second kappa shape index (κ2) is 16.3. The van der Waals surface area contributed by atoms with E-state index in [1.165, 1.54) is 35.1 Å². The minimum atomic E-state index is 0. The first kappa shape index (κ1) is 27.3. The van der Waals surface area contributed by atoms with Crippen molar-refractivity contribution in [1.82, 2.24) is 0 Å². The molecule has 2 rings (SSSR count). The van der Waals surface area contributed by atoms with E-state index < -0.39 is 0 Å². The minimum Gasteiger partial charge on any atom is -1.00 e. The number of rotatable bonds is 2. The van der Waals surface area contributed by atoms with Gasteiger partial charge in [-0.25, -0.2) is 11.1 Å². The molecule has 0 bridgehead atoms. The van der Waals surface area contributed by atoms with Gasteiger partial charge in [0.2, 0.25) is 0 Å². The molecule has 2 aliphatic rings. The Morgan fingerprint density at radius 2 is 1.18 bits per heavy atom. The number of hydrogen-bond acceptors (Lipinski definition) is 0. The van der Waals surface area contributed by atoms with Gasteiger partial charge in [-0.1, -0.05) is 40.5 Å². The molecule has 2 aliphatic carbocycles. The van der Waals surface area contributed by atoms with Gasteiger partial charge in [-0.3, -0.25) is 12.2 Å². The molecular weight excluding hydrogens is 363 g/mol. The van der Waals surface area contributed by atoms with Gasteiger partial charge < -0.3 is 24.8 Å². The van der Waals surface area contributed by atoms with Crippen molar-refractivity contribution in [3.63, 3.8) is 0 Å². The molecule has 0 atom stereocenters. The summed E-state index contributed by atoms with van der Waals surface area (Å²) in [6.45, 7) is 13.2. The summed E-state index contributed by atoms with van der Waals surface area (Å²) in [5, 5.41) is 0. The molecule has 0 saturated heterocycles. The summed E-state index contributed by atoms with van der Waals surface area (Å²) >= 11 is 2.27. The third kappa shape index (κ3) is 13.0. The van der Waals surface area contributed by atoms with E-state index in [4.69, 9.17) is 0 Å². The summed E-state index contributed by atoms with van der Waals surface area (Å²) < 4.78 is 0. The summed E-state index contributed by atoms with van der Waals surface area (Å²) in [4.78, 5) is 0. The molecule has 0 saturated carbocycles. The number of halogens is 2. The first-order valence-electron chi connectivity index (χ1n) is 7.47. The molecule has 0 N–H and O–H groups in total. The van der Waals surface area contributed by atoms with Crippen molar-refractivity contribution in [2.75, 3.05) is 0 Å². The fourth-order valence-electron chi connectivity index (χ4n) is 2.01. The third-order valence-electron chi connectivity index (χ3n) is 3.16. The topological polar surface area (TPSA) is 0 Å². The van der Waals surface area contributed by atoms with Crippen LogP contribution in [0.15, 0.2) is 34.4 Å². The molecule has 0 amide bonds. The predicted molar refractivity (Wildman–Crippen MR) is 88.3 cm³/mol. The Morgan fingerprint density at radius 1 is 0.909 bits per heavy atom. The first-order chi connectivity index (χ1) is 9.42. The maximum Gasteiger partial charge on any atom is -1.00 e. The molecule has 0 heterocycles. The largest absolute Gasteiger partial charge is 1.00 e. The van der Waals surface area contributed by atoms with Crippen LogP contribution in [0.1, 0.15) is 53.4 Å². The molecule has 0 aliphatic heterocycles. The zero-order valence-corrected chi connectivity index (χ0v) is 18.8. The monoisotopic (exact) mass is 390 g/mol. The number of allylic oxidation sites excluding steroid dienone is 8. The van der Waals surface area contributed by atoms with Crippen molar-refractivity contribution in [2.24, 2.45) is 0 Å². The van der Waals surface area contributed by atoms with Gasteiger partial charge in [0.15, 0.2) is 0 Å². The number of hydrogen-bond donors (Lipinski definition) is 0. The van der Waals surface area contributed by atoms with Crippen LogP contribution in [-0.4, -0.2) is 6.19 Å². The van der Waals surface area contributed by atoms with Crippen LogP contribution in [0.2, 0.25) is 13.1 Å². The maximum atomic E-state index is 3.24. The van der Waals surface area contributed by atoms with Gasteiger partial charge in [0.05, 0.1) is 0 Å². The van der Waals surface area contributed by atoms with E-state index in [1.807, 2.05) is 0 Å². The molecule has 0 aromatic carbocycles. The summed E-state index contributed by atoms with van der Waals surface area (Å²) in [5.41, 5.74) is 5.66. The van der Waals surface area contributed by atoms with E-state index in [-0.39, 0.29) is 31.0 Å². The van der Waals surface area contributed by atoms with Crippen LogP contribution in [0.3, 0.4) is 0 Å². The van der Waals surface area contributed by atoms with E-state index in [2.05, 4.69) is 84.3 Å². The average molecular weight is 391 g/mol. The maximum absolute atomic E-state index is 3.24. The standard InChI is InChI=1S/2C8H11.C2H6Si.2ClH.Ti/c2*1-3-8-6-4-5-7(8)2;1-3-2;;;/h2*6H,3-4H2,1-2H3;1-2H3;2*1H;/q2*-1;;;;+2/p-2. The van der Waals surface area contributed by atoms with Crippen LogP contribution in [0.5, 0.6) is 0 Å². The quantitative estimate of drug-likeness (QED) is 0.450. The van der Waals surface area contributed by atoms with Crippen molar-refractivity contribution in [3.05, 3.63) is 46.6 Å². The molecule has 124 valence electrons. The Morgan fingerprint density at radius 3 is 1.27 bits per heavy atom. The van der Waals surface area contributed by atoms with Crippen LogP contribution in [-0.2, 0) is 19.2 Å². The molecule has 22 heavy (non-hydrogen) atoms. The van der Waals surface area contributed by atoms with Crippen molar-refractivity contribution >= 4 is 6.19 Å². The summed E-state index contributed by atoms with van der Waals surface area (Å²) in [6, 6.07) is 0. The van der Waals surface area contributed by atoms with Crippen LogP contribution in [0.25, 0.3) is 0 Å². The van der Waals surface area contributed by atoms with Crippen molar-refractivity contribution in [3.8, 4) is 0 Å². The van der Waals surface area contributed by atoms with E-state index in [0.29, 0.717) is 0 Å². The van der Waals surface area contributed by atoms with Crippen LogP contribution >= 0.6 is 0 Å². The van der Waals surface area contributed by atoms with Crippen molar-refractivity contribution in [1.29, 1.82) is 0 Å². The van der Waals surface area contributed by atoms with E-state index in [9.17, 15) is 0 Å². The molecule has 0 aromatic rings. The Balaban J connectivity index is -0.000000249. The van der Waals surface area contributed by atoms with E-state index >= 15 is 0 Å². The molecule has 0 nitrogen and oxygen atoms in total. The molecule has 0 aromatic heterocycles. The first-order valence-corrected chi connectivity index (χ1v) is 12.3. The normalized spacial score (nSPS) is 14.5. The van der Waals surface area contributed by atoms with Gasteiger partial charge in [-0.15, -0.1) is 12.8 Å². The fraction of sp³-hybridized carbons (Fsp3) is 0.556. The zero-order chi connectivity index (χ0) is 15.5. The Bertz CT molecular complexity index is 406. The predicted octanol–water partition coefficient (Wildman–Crippen LogP) is -0.256. The van der Waals surface area contributed by atoms with Gasteiger partial charge in [0.25, 0.3) is 0 Å². The summed E-state index contributed by atoms with van der Waals surface area (Å²) in [7, 11) is 0. The zero-order valence-electron chi connectivity index (χ0n) is 14.7. The molecule has 0 spiro atoms. The van der Waals surface area contributed by atoms with Crippen molar-refractivity contribution in [2.45, 2.75) is 66.5 Å². The fourth-order valence-corrected chi connectivity index (χ4v) is 2.01. The van der Waals surface area contributed by atoms with Gasteiger partial charge >= 0.3 is 38.5 Å². The van der Waals surface area contributed by atoms with Gasteiger partial charge in [-0.2, -0.15) is 23.3 Å². The molecular formula is C18H28Cl2SiTi-2. The summed E-state index contributed by atoms with van der Waals surface area (Å²) in [5.74, 6) is 0. The van der Waals surface area contributed by atoms with Crippen LogP contribution in [0.4, 0.5) is 0 Å². The Hall–Kier alpha value is 0.471. The molecule has 0 radical (unpaired) electrons. The minimum absolute atomic E-state index is 0. The molecule has 4 heteroatoms. The molecule has 0 fully saturated rings. The average Bonchev–Trinajstić information content (AvgIpc) is 2.97. The Kier molecular flexibility index (Phi) is 20.3. The molecule has 0 unspecified atom stereocenters. The summed E-state index contributed by atoms with van der Waals surface area (Å²) in [6.07, 6.45) is 15.5. The second-order valence-corrected chi connectivity index (χ2v) is 11.9. The smallest absolute Gasteiger partial charge is 1.00 e. The van der Waals surface area contributed by atoms with Crippen molar-refractivity contribution < 1.29 is 44.0 Å².